The largest absolute Gasteiger partial charge is 0.411 e. The lowest BCUT2D eigenvalue weighted by Gasteiger charge is -2.34. The Hall–Kier alpha value is -0.530. The van der Waals surface area contributed by atoms with E-state index in [1.807, 2.05) is 0 Å². The first-order valence-corrected chi connectivity index (χ1v) is 5.04. The molecule has 0 radical (unpaired) electrons. The van der Waals surface area contributed by atoms with Gasteiger partial charge in [0.1, 0.15) is 0 Å². The molecule has 0 aromatic carbocycles. The molecule has 0 spiro atoms. The van der Waals surface area contributed by atoms with Gasteiger partial charge in [-0.05, 0) is 12.8 Å². The molecule has 0 aliphatic carbocycles. The molecule has 0 atom stereocenters. The molecule has 1 N–H and O–H groups in total. The van der Waals surface area contributed by atoms with Crippen molar-refractivity contribution < 1.29 is 5.21 Å². The highest BCUT2D eigenvalue weighted by Gasteiger charge is 2.34. The van der Waals surface area contributed by atoms with E-state index in [1.54, 1.807) is 0 Å². The van der Waals surface area contributed by atoms with Crippen molar-refractivity contribution in [3.63, 3.8) is 0 Å². The van der Waals surface area contributed by atoms with Gasteiger partial charge in [0.15, 0.2) is 0 Å². The van der Waals surface area contributed by atoms with E-state index in [0.29, 0.717) is 0 Å². The van der Waals surface area contributed by atoms with E-state index in [1.165, 1.54) is 0 Å². The summed E-state index contributed by atoms with van der Waals surface area (Å²) in [7, 11) is 0. The van der Waals surface area contributed by atoms with E-state index in [4.69, 9.17) is 5.21 Å². The van der Waals surface area contributed by atoms with E-state index in [0.717, 1.165) is 18.6 Å². The second-order valence-corrected chi connectivity index (χ2v) is 4.92. The van der Waals surface area contributed by atoms with Crippen LogP contribution in [0.15, 0.2) is 5.16 Å². The van der Waals surface area contributed by atoms with Gasteiger partial charge in [-0.15, -0.1) is 0 Å². The third-order valence-electron chi connectivity index (χ3n) is 3.15. The lowest BCUT2D eigenvalue weighted by atomic mass is 9.70. The van der Waals surface area contributed by atoms with Crippen molar-refractivity contribution in [2.45, 2.75) is 54.4 Å². The number of nitrogens with zero attached hydrogens (tertiary/aromatic N) is 1. The molecule has 0 rings (SSSR count). The van der Waals surface area contributed by atoms with Crippen molar-refractivity contribution in [2.24, 2.45) is 16.0 Å². The van der Waals surface area contributed by atoms with Crippen LogP contribution in [0.1, 0.15) is 54.4 Å². The Morgan fingerprint density at radius 3 is 1.46 bits per heavy atom. The maximum absolute atomic E-state index is 9.05. The van der Waals surface area contributed by atoms with Crippen molar-refractivity contribution in [1.82, 2.24) is 0 Å². The first-order chi connectivity index (χ1) is 5.81. The number of oxime groups is 1. The maximum atomic E-state index is 9.05. The zero-order chi connectivity index (χ0) is 10.7. The first-order valence-electron chi connectivity index (χ1n) is 5.04. The molecule has 0 aromatic rings. The fraction of sp³-hybridized carbons (Fsp3) is 0.909. The van der Waals surface area contributed by atoms with Gasteiger partial charge in [0.25, 0.3) is 0 Å². The highest BCUT2D eigenvalue weighted by molar-refractivity contribution is 5.93. The second kappa shape index (κ2) is 4.12. The molecule has 0 aliphatic rings. The first kappa shape index (κ1) is 12.5. The van der Waals surface area contributed by atoms with Crippen LogP contribution < -0.4 is 0 Å². The molecule has 0 saturated carbocycles. The van der Waals surface area contributed by atoms with Crippen LogP contribution in [0.2, 0.25) is 0 Å². The van der Waals surface area contributed by atoms with Gasteiger partial charge < -0.3 is 5.21 Å². The van der Waals surface area contributed by atoms with Crippen LogP contribution in [0, 0.1) is 10.8 Å². The topological polar surface area (TPSA) is 32.6 Å². The van der Waals surface area contributed by atoms with E-state index < -0.39 is 0 Å². The Bertz CT molecular complexity index is 174. The van der Waals surface area contributed by atoms with Crippen molar-refractivity contribution >= 4 is 5.71 Å². The number of hydrogen-bond acceptors (Lipinski definition) is 2. The molecule has 0 unspecified atom stereocenters. The summed E-state index contributed by atoms with van der Waals surface area (Å²) < 4.78 is 0. The van der Waals surface area contributed by atoms with Crippen LogP contribution in [0.25, 0.3) is 0 Å². The predicted octanol–water partition coefficient (Wildman–Crippen LogP) is 3.69. The number of hydrogen-bond donors (Lipinski definition) is 1. The fourth-order valence-electron chi connectivity index (χ4n) is 1.52. The molecular weight excluding hydrogens is 162 g/mol. The summed E-state index contributed by atoms with van der Waals surface area (Å²) >= 11 is 0. The Morgan fingerprint density at radius 1 is 1.00 bits per heavy atom. The van der Waals surface area contributed by atoms with E-state index in [-0.39, 0.29) is 10.8 Å². The van der Waals surface area contributed by atoms with Crippen molar-refractivity contribution in [2.75, 3.05) is 0 Å². The average molecular weight is 185 g/mol. The van der Waals surface area contributed by atoms with Crippen LogP contribution in [0.3, 0.4) is 0 Å². The van der Waals surface area contributed by atoms with Gasteiger partial charge in [0.05, 0.1) is 5.71 Å². The molecular formula is C11H23NO. The highest BCUT2D eigenvalue weighted by Crippen LogP contribution is 2.35. The van der Waals surface area contributed by atoms with Crippen molar-refractivity contribution in [3.05, 3.63) is 0 Å². The third kappa shape index (κ3) is 2.71. The minimum absolute atomic E-state index is 0.00569. The molecule has 0 aromatic heterocycles. The molecule has 0 aliphatic heterocycles. The monoisotopic (exact) mass is 185 g/mol. The maximum Gasteiger partial charge on any atom is 0.0682 e. The Kier molecular flexibility index (Phi) is 3.95. The summed E-state index contributed by atoms with van der Waals surface area (Å²) in [6.45, 7) is 12.7. The minimum Gasteiger partial charge on any atom is -0.411 e. The van der Waals surface area contributed by atoms with Crippen LogP contribution in [0.5, 0.6) is 0 Å². The van der Waals surface area contributed by atoms with Gasteiger partial charge >= 0.3 is 0 Å². The number of rotatable bonds is 4. The quantitative estimate of drug-likeness (QED) is 0.404. The zero-order valence-corrected chi connectivity index (χ0v) is 9.81. The molecule has 0 amide bonds. The molecule has 2 nitrogen and oxygen atoms in total. The van der Waals surface area contributed by atoms with Gasteiger partial charge in [0.2, 0.25) is 0 Å². The molecule has 0 heterocycles. The van der Waals surface area contributed by atoms with Crippen molar-refractivity contribution in [3.8, 4) is 0 Å². The van der Waals surface area contributed by atoms with Crippen LogP contribution >= 0.6 is 0 Å². The van der Waals surface area contributed by atoms with Gasteiger partial charge in [-0.2, -0.15) is 0 Å². The van der Waals surface area contributed by atoms with E-state index >= 15 is 0 Å². The Labute approximate surface area is 82.0 Å². The summed E-state index contributed by atoms with van der Waals surface area (Å²) in [4.78, 5) is 0. The van der Waals surface area contributed by atoms with Gasteiger partial charge in [-0.25, -0.2) is 0 Å². The second-order valence-electron chi connectivity index (χ2n) is 4.92. The average Bonchev–Trinajstić information content (AvgIpc) is 2.05. The Morgan fingerprint density at radius 2 is 1.31 bits per heavy atom. The predicted molar refractivity (Wildman–Crippen MR) is 57.4 cm³/mol. The molecule has 78 valence electrons. The van der Waals surface area contributed by atoms with Gasteiger partial charge in [0, 0.05) is 10.8 Å². The van der Waals surface area contributed by atoms with Crippen molar-refractivity contribution in [1.29, 1.82) is 0 Å². The van der Waals surface area contributed by atoms with Crippen LogP contribution in [0.4, 0.5) is 0 Å². The van der Waals surface area contributed by atoms with Gasteiger partial charge in [-0.1, -0.05) is 46.7 Å². The molecule has 2 heteroatoms. The molecule has 0 bridgehead atoms. The molecule has 0 fully saturated rings. The summed E-state index contributed by atoms with van der Waals surface area (Å²) in [5.74, 6) is 0. The fourth-order valence-corrected chi connectivity index (χ4v) is 1.52. The van der Waals surface area contributed by atoms with E-state index in [2.05, 4.69) is 46.7 Å². The summed E-state index contributed by atoms with van der Waals surface area (Å²) in [6.07, 6.45) is 1.99. The highest BCUT2D eigenvalue weighted by atomic mass is 16.4. The van der Waals surface area contributed by atoms with Crippen LogP contribution in [-0.4, -0.2) is 10.9 Å². The van der Waals surface area contributed by atoms with Crippen LogP contribution in [-0.2, 0) is 0 Å². The van der Waals surface area contributed by atoms with E-state index in [9.17, 15) is 0 Å². The molecule has 13 heavy (non-hydrogen) atoms. The lowest BCUT2D eigenvalue weighted by molar-refractivity contribution is 0.287. The Balaban J connectivity index is 4.94. The van der Waals surface area contributed by atoms with Gasteiger partial charge in [-0.3, -0.25) is 0 Å². The summed E-state index contributed by atoms with van der Waals surface area (Å²) in [5, 5.41) is 12.5. The summed E-state index contributed by atoms with van der Waals surface area (Å²) in [5.41, 5.74) is 0.896. The lowest BCUT2D eigenvalue weighted by Crippen LogP contribution is -2.36. The smallest absolute Gasteiger partial charge is 0.0682 e. The standard InChI is InChI=1S/C11H23NO/c1-7-10(3,4)9(12-13)11(5,6)8-2/h13H,7-8H2,1-6H3. The zero-order valence-electron chi connectivity index (χ0n) is 9.81. The minimum atomic E-state index is -0.00569. The SMILES string of the molecule is CCC(C)(C)C(=NO)C(C)(C)CC. The normalized spacial score (nSPS) is 12.8. The third-order valence-corrected chi connectivity index (χ3v) is 3.15. The molecule has 0 saturated heterocycles. The summed E-state index contributed by atoms with van der Waals surface area (Å²) in [6, 6.07) is 0.